The first kappa shape index (κ1) is 22.2. The van der Waals surface area contributed by atoms with Crippen molar-refractivity contribution >= 4 is 38.5 Å². The third-order valence-electron chi connectivity index (χ3n) is 5.51. The molecule has 1 aliphatic heterocycles. The van der Waals surface area contributed by atoms with Gasteiger partial charge in [-0.1, -0.05) is 29.0 Å². The molecule has 1 aromatic heterocycles. The van der Waals surface area contributed by atoms with Crippen molar-refractivity contribution in [2.24, 2.45) is 0 Å². The van der Waals surface area contributed by atoms with Crippen molar-refractivity contribution in [3.8, 4) is 5.75 Å². The Morgan fingerprint density at radius 1 is 1.09 bits per heavy atom. The first-order chi connectivity index (χ1) is 15.5. The number of anilines is 1. The molecule has 2 amide bonds. The minimum Gasteiger partial charge on any atom is -0.494 e. The molecule has 32 heavy (non-hydrogen) atoms. The smallest absolute Gasteiger partial charge is 0.253 e. The summed E-state index contributed by atoms with van der Waals surface area (Å²) in [5.41, 5.74) is 2.63. The molecule has 0 bridgehead atoms. The van der Waals surface area contributed by atoms with Gasteiger partial charge in [-0.05, 0) is 50.7 Å². The standard InChI is InChI=1S/C24H28N4O3S/c1-17-5-8-19(9-6-17)31-15-3-4-22(29)26-24-25-20-10-7-18(16-21(20)32-24)23(30)28-13-11-27(2)12-14-28/h5-10,16H,3-4,11-15H2,1-2H3,(H,25,26,29). The zero-order chi connectivity index (χ0) is 22.5. The van der Waals surface area contributed by atoms with Gasteiger partial charge in [0.15, 0.2) is 5.13 Å². The molecule has 8 heteroatoms. The van der Waals surface area contributed by atoms with Crippen LogP contribution in [0.2, 0.25) is 0 Å². The van der Waals surface area contributed by atoms with E-state index in [2.05, 4.69) is 22.2 Å². The van der Waals surface area contributed by atoms with Crippen molar-refractivity contribution in [2.75, 3.05) is 45.2 Å². The highest BCUT2D eigenvalue weighted by atomic mass is 32.1. The van der Waals surface area contributed by atoms with Gasteiger partial charge < -0.3 is 19.9 Å². The molecule has 1 saturated heterocycles. The average Bonchev–Trinajstić information content (AvgIpc) is 3.19. The minimum atomic E-state index is -0.0923. The Balaban J connectivity index is 1.29. The van der Waals surface area contributed by atoms with E-state index in [-0.39, 0.29) is 11.8 Å². The Bertz CT molecular complexity index is 1090. The molecule has 0 aliphatic carbocycles. The van der Waals surface area contributed by atoms with E-state index in [1.54, 1.807) is 0 Å². The number of rotatable bonds is 7. The second-order valence-electron chi connectivity index (χ2n) is 8.11. The van der Waals surface area contributed by atoms with Gasteiger partial charge in [0.1, 0.15) is 5.75 Å². The summed E-state index contributed by atoms with van der Waals surface area (Å²) in [6.07, 6.45) is 0.975. The molecule has 3 aromatic rings. The lowest BCUT2D eigenvalue weighted by Crippen LogP contribution is -2.47. The third-order valence-corrected chi connectivity index (χ3v) is 6.44. The van der Waals surface area contributed by atoms with Crippen LogP contribution in [0.3, 0.4) is 0 Å². The predicted molar refractivity (Wildman–Crippen MR) is 128 cm³/mol. The highest BCUT2D eigenvalue weighted by Gasteiger charge is 2.21. The third kappa shape index (κ3) is 5.63. The molecule has 2 aromatic carbocycles. The molecular formula is C24H28N4O3S. The fourth-order valence-electron chi connectivity index (χ4n) is 3.54. The quantitative estimate of drug-likeness (QED) is 0.552. The van der Waals surface area contributed by atoms with Crippen LogP contribution in [0.25, 0.3) is 10.2 Å². The van der Waals surface area contributed by atoms with Crippen LogP contribution in [-0.4, -0.2) is 66.4 Å². The second kappa shape index (κ2) is 10.1. The zero-order valence-corrected chi connectivity index (χ0v) is 19.3. The number of fused-ring (bicyclic) bond motifs is 1. The number of nitrogens with zero attached hydrogens (tertiary/aromatic N) is 3. The predicted octanol–water partition coefficient (Wildman–Crippen LogP) is 3.79. The van der Waals surface area contributed by atoms with E-state index in [1.807, 2.05) is 54.3 Å². The van der Waals surface area contributed by atoms with Crippen molar-refractivity contribution in [1.29, 1.82) is 0 Å². The molecule has 1 aliphatic rings. The maximum atomic E-state index is 12.8. The molecule has 1 fully saturated rings. The summed E-state index contributed by atoms with van der Waals surface area (Å²) < 4.78 is 6.56. The number of amides is 2. The Kier molecular flexibility index (Phi) is 7.02. The number of hydrogen-bond donors (Lipinski definition) is 1. The van der Waals surface area contributed by atoms with Crippen LogP contribution in [0.4, 0.5) is 5.13 Å². The molecule has 0 saturated carbocycles. The number of carbonyl (C=O) groups excluding carboxylic acids is 2. The number of likely N-dealkylation sites (N-methyl/N-ethyl adjacent to an activating group) is 1. The molecule has 1 N–H and O–H groups in total. The zero-order valence-electron chi connectivity index (χ0n) is 18.5. The van der Waals surface area contributed by atoms with Gasteiger partial charge in [-0.2, -0.15) is 0 Å². The fraction of sp³-hybridized carbons (Fsp3) is 0.375. The minimum absolute atomic E-state index is 0.0487. The highest BCUT2D eigenvalue weighted by molar-refractivity contribution is 7.22. The molecule has 4 rings (SSSR count). The van der Waals surface area contributed by atoms with E-state index in [1.165, 1.54) is 16.9 Å². The van der Waals surface area contributed by atoms with Crippen molar-refractivity contribution in [1.82, 2.24) is 14.8 Å². The SMILES string of the molecule is Cc1ccc(OCCCC(=O)Nc2nc3ccc(C(=O)N4CCN(C)CC4)cc3s2)cc1. The number of aryl methyl sites for hydroxylation is 1. The summed E-state index contributed by atoms with van der Waals surface area (Å²) in [6, 6.07) is 13.4. The van der Waals surface area contributed by atoms with Crippen molar-refractivity contribution in [2.45, 2.75) is 19.8 Å². The summed E-state index contributed by atoms with van der Waals surface area (Å²) in [5.74, 6) is 0.766. The number of carbonyl (C=O) groups is 2. The topological polar surface area (TPSA) is 74.8 Å². The van der Waals surface area contributed by atoms with E-state index < -0.39 is 0 Å². The Labute approximate surface area is 192 Å². The monoisotopic (exact) mass is 452 g/mol. The normalized spacial score (nSPS) is 14.5. The molecule has 168 valence electrons. The lowest BCUT2D eigenvalue weighted by molar-refractivity contribution is -0.116. The molecule has 0 spiro atoms. The number of ether oxygens (including phenoxy) is 1. The van der Waals surface area contributed by atoms with Gasteiger partial charge in [0.05, 0.1) is 16.8 Å². The van der Waals surface area contributed by atoms with Crippen LogP contribution < -0.4 is 10.1 Å². The summed E-state index contributed by atoms with van der Waals surface area (Å²) in [7, 11) is 2.07. The summed E-state index contributed by atoms with van der Waals surface area (Å²) in [4.78, 5) is 33.7. The fourth-order valence-corrected chi connectivity index (χ4v) is 4.46. The van der Waals surface area contributed by atoms with Gasteiger partial charge in [-0.25, -0.2) is 4.98 Å². The van der Waals surface area contributed by atoms with E-state index >= 15 is 0 Å². The summed E-state index contributed by atoms with van der Waals surface area (Å²) in [6.45, 7) is 5.77. The van der Waals surface area contributed by atoms with Crippen molar-refractivity contribution in [3.63, 3.8) is 0 Å². The number of aromatic nitrogens is 1. The Hall–Kier alpha value is -2.97. The molecule has 0 unspecified atom stereocenters. The van der Waals surface area contributed by atoms with Crippen LogP contribution >= 0.6 is 11.3 Å². The maximum absolute atomic E-state index is 12.8. The van der Waals surface area contributed by atoms with Crippen LogP contribution in [0, 0.1) is 6.92 Å². The lowest BCUT2D eigenvalue weighted by Gasteiger charge is -2.32. The largest absolute Gasteiger partial charge is 0.494 e. The number of piperazine rings is 1. The first-order valence-electron chi connectivity index (χ1n) is 10.9. The van der Waals surface area contributed by atoms with Gasteiger partial charge in [-0.15, -0.1) is 0 Å². The second-order valence-corrected chi connectivity index (χ2v) is 9.14. The number of benzene rings is 2. The van der Waals surface area contributed by atoms with Gasteiger partial charge >= 0.3 is 0 Å². The van der Waals surface area contributed by atoms with Gasteiger partial charge in [0, 0.05) is 38.2 Å². The maximum Gasteiger partial charge on any atom is 0.253 e. The molecule has 0 radical (unpaired) electrons. The Morgan fingerprint density at radius 3 is 2.59 bits per heavy atom. The molecular weight excluding hydrogens is 424 g/mol. The van der Waals surface area contributed by atoms with Crippen LogP contribution in [-0.2, 0) is 4.79 Å². The van der Waals surface area contributed by atoms with Crippen molar-refractivity contribution in [3.05, 3.63) is 53.6 Å². The van der Waals surface area contributed by atoms with E-state index in [0.717, 1.165) is 42.1 Å². The molecule has 7 nitrogen and oxygen atoms in total. The number of nitrogens with one attached hydrogen (secondary N) is 1. The summed E-state index contributed by atoms with van der Waals surface area (Å²) >= 11 is 1.39. The Morgan fingerprint density at radius 2 is 1.84 bits per heavy atom. The van der Waals surface area contributed by atoms with Gasteiger partial charge in [0.25, 0.3) is 5.91 Å². The van der Waals surface area contributed by atoms with Crippen LogP contribution in [0.5, 0.6) is 5.75 Å². The van der Waals surface area contributed by atoms with E-state index in [0.29, 0.717) is 30.1 Å². The molecule has 0 atom stereocenters. The summed E-state index contributed by atoms with van der Waals surface area (Å²) in [5, 5.41) is 3.42. The van der Waals surface area contributed by atoms with Crippen molar-refractivity contribution < 1.29 is 14.3 Å². The highest BCUT2D eigenvalue weighted by Crippen LogP contribution is 2.27. The first-order valence-corrected chi connectivity index (χ1v) is 11.7. The van der Waals surface area contributed by atoms with E-state index in [4.69, 9.17) is 4.74 Å². The van der Waals surface area contributed by atoms with Crippen LogP contribution in [0.15, 0.2) is 42.5 Å². The number of thiazole rings is 1. The number of hydrogen-bond acceptors (Lipinski definition) is 6. The molecule has 2 heterocycles. The van der Waals surface area contributed by atoms with E-state index in [9.17, 15) is 9.59 Å². The lowest BCUT2D eigenvalue weighted by atomic mass is 10.1. The van der Waals surface area contributed by atoms with Gasteiger partial charge in [0.2, 0.25) is 5.91 Å². The van der Waals surface area contributed by atoms with Crippen LogP contribution in [0.1, 0.15) is 28.8 Å². The average molecular weight is 453 g/mol. The van der Waals surface area contributed by atoms with Gasteiger partial charge in [-0.3, -0.25) is 9.59 Å².